The maximum absolute atomic E-state index is 3.59. The fraction of sp³-hybridized carbons (Fsp3) is 0.600. The number of hydrogen-bond acceptors (Lipinski definition) is 1. The molecule has 16 heavy (non-hydrogen) atoms. The van der Waals surface area contributed by atoms with E-state index in [0.29, 0.717) is 6.04 Å². The highest BCUT2D eigenvalue weighted by Crippen LogP contribution is 2.23. The molecule has 0 amide bonds. The zero-order valence-corrected chi connectivity index (χ0v) is 10.7. The Labute approximate surface area is 99.3 Å². The van der Waals surface area contributed by atoms with E-state index in [0.717, 1.165) is 5.92 Å². The van der Waals surface area contributed by atoms with Gasteiger partial charge in [-0.2, -0.15) is 0 Å². The van der Waals surface area contributed by atoms with E-state index in [4.69, 9.17) is 0 Å². The van der Waals surface area contributed by atoms with Crippen molar-refractivity contribution in [2.75, 3.05) is 6.54 Å². The Morgan fingerprint density at radius 2 is 1.88 bits per heavy atom. The van der Waals surface area contributed by atoms with Gasteiger partial charge in [0.1, 0.15) is 0 Å². The lowest BCUT2D eigenvalue weighted by Crippen LogP contribution is -2.37. The first-order valence-corrected chi connectivity index (χ1v) is 6.45. The Balaban J connectivity index is 2.04. The molecule has 0 spiro atoms. The Morgan fingerprint density at radius 1 is 1.19 bits per heavy atom. The van der Waals surface area contributed by atoms with Crippen molar-refractivity contribution in [3.63, 3.8) is 0 Å². The maximum Gasteiger partial charge on any atom is 0.00389 e. The molecule has 0 aromatic heterocycles. The predicted octanol–water partition coefficient (Wildman–Crippen LogP) is 3.23. The minimum absolute atomic E-state index is 0.717. The van der Waals surface area contributed by atoms with Gasteiger partial charge in [-0.15, -0.1) is 0 Å². The van der Waals surface area contributed by atoms with Gasteiger partial charge in [0.2, 0.25) is 0 Å². The standard InChI is InChI=1S/C15H23N/c1-11-5-4-6-12(2)15(11)9-14-8-7-13(3)16-10-14/h4-6,13-14,16H,7-10H2,1-3H3. The largest absolute Gasteiger partial charge is 0.314 e. The van der Waals surface area contributed by atoms with Crippen molar-refractivity contribution >= 4 is 0 Å². The number of rotatable bonds is 2. The fourth-order valence-electron chi connectivity index (χ4n) is 2.69. The molecule has 0 saturated carbocycles. The van der Waals surface area contributed by atoms with Gasteiger partial charge in [-0.05, 0) is 69.2 Å². The molecular weight excluding hydrogens is 194 g/mol. The van der Waals surface area contributed by atoms with Crippen LogP contribution in [0.25, 0.3) is 0 Å². The topological polar surface area (TPSA) is 12.0 Å². The zero-order chi connectivity index (χ0) is 11.5. The molecule has 1 aliphatic rings. The van der Waals surface area contributed by atoms with Gasteiger partial charge in [0.05, 0.1) is 0 Å². The molecule has 1 N–H and O–H groups in total. The van der Waals surface area contributed by atoms with Crippen molar-refractivity contribution in [2.24, 2.45) is 5.92 Å². The van der Waals surface area contributed by atoms with Crippen LogP contribution in [0.15, 0.2) is 18.2 Å². The van der Waals surface area contributed by atoms with E-state index in [1.54, 1.807) is 5.56 Å². The number of aryl methyl sites for hydroxylation is 2. The quantitative estimate of drug-likeness (QED) is 0.802. The maximum atomic E-state index is 3.59. The van der Waals surface area contributed by atoms with E-state index >= 15 is 0 Å². The second kappa shape index (κ2) is 5.01. The zero-order valence-electron chi connectivity index (χ0n) is 10.7. The van der Waals surface area contributed by atoms with Gasteiger partial charge in [0.25, 0.3) is 0 Å². The van der Waals surface area contributed by atoms with Crippen molar-refractivity contribution in [1.29, 1.82) is 0 Å². The molecule has 1 fully saturated rings. The highest BCUT2D eigenvalue weighted by Gasteiger charge is 2.18. The Kier molecular flexibility index (Phi) is 3.65. The van der Waals surface area contributed by atoms with Crippen LogP contribution in [0.1, 0.15) is 36.5 Å². The first-order valence-electron chi connectivity index (χ1n) is 6.45. The molecule has 1 heteroatoms. The van der Waals surface area contributed by atoms with Gasteiger partial charge in [0.15, 0.2) is 0 Å². The van der Waals surface area contributed by atoms with E-state index in [9.17, 15) is 0 Å². The fourth-order valence-corrected chi connectivity index (χ4v) is 2.69. The van der Waals surface area contributed by atoms with Gasteiger partial charge in [-0.25, -0.2) is 0 Å². The van der Waals surface area contributed by atoms with Crippen LogP contribution in [-0.4, -0.2) is 12.6 Å². The SMILES string of the molecule is Cc1cccc(C)c1CC1CCC(C)NC1. The third kappa shape index (κ3) is 2.65. The monoisotopic (exact) mass is 217 g/mol. The highest BCUT2D eigenvalue weighted by atomic mass is 14.9. The second-order valence-electron chi connectivity index (χ2n) is 5.33. The predicted molar refractivity (Wildman–Crippen MR) is 69.8 cm³/mol. The van der Waals surface area contributed by atoms with Crippen molar-refractivity contribution in [2.45, 2.75) is 46.1 Å². The molecule has 2 rings (SSSR count). The molecule has 1 aromatic carbocycles. The van der Waals surface area contributed by atoms with Crippen molar-refractivity contribution in [1.82, 2.24) is 5.32 Å². The van der Waals surface area contributed by atoms with Crippen LogP contribution in [0.3, 0.4) is 0 Å². The van der Waals surface area contributed by atoms with E-state index in [2.05, 4.69) is 44.3 Å². The summed E-state index contributed by atoms with van der Waals surface area (Å²) in [5.74, 6) is 0.830. The van der Waals surface area contributed by atoms with Crippen LogP contribution in [0.5, 0.6) is 0 Å². The van der Waals surface area contributed by atoms with Crippen LogP contribution in [0, 0.1) is 19.8 Å². The van der Waals surface area contributed by atoms with Gasteiger partial charge in [-0.1, -0.05) is 18.2 Å². The summed E-state index contributed by atoms with van der Waals surface area (Å²) in [6.45, 7) is 7.95. The van der Waals surface area contributed by atoms with E-state index in [-0.39, 0.29) is 0 Å². The van der Waals surface area contributed by atoms with Crippen molar-refractivity contribution in [3.05, 3.63) is 34.9 Å². The van der Waals surface area contributed by atoms with E-state index < -0.39 is 0 Å². The lowest BCUT2D eigenvalue weighted by atomic mass is 9.87. The van der Waals surface area contributed by atoms with Crippen LogP contribution in [0.2, 0.25) is 0 Å². The van der Waals surface area contributed by atoms with Crippen LogP contribution < -0.4 is 5.32 Å². The first kappa shape index (κ1) is 11.7. The number of nitrogens with one attached hydrogen (secondary N) is 1. The average Bonchev–Trinajstić information content (AvgIpc) is 2.26. The summed E-state index contributed by atoms with van der Waals surface area (Å²) in [6.07, 6.45) is 3.95. The molecule has 1 heterocycles. The minimum atomic E-state index is 0.717. The van der Waals surface area contributed by atoms with Gasteiger partial charge >= 0.3 is 0 Å². The molecular formula is C15H23N. The number of benzene rings is 1. The molecule has 2 atom stereocenters. The molecule has 88 valence electrons. The smallest absolute Gasteiger partial charge is 0.00389 e. The Hall–Kier alpha value is -0.820. The minimum Gasteiger partial charge on any atom is -0.314 e. The molecule has 2 unspecified atom stereocenters. The molecule has 0 bridgehead atoms. The first-order chi connectivity index (χ1) is 7.66. The molecule has 0 radical (unpaired) electrons. The lowest BCUT2D eigenvalue weighted by Gasteiger charge is -2.28. The summed E-state index contributed by atoms with van der Waals surface area (Å²) in [7, 11) is 0. The van der Waals surface area contributed by atoms with Crippen molar-refractivity contribution in [3.8, 4) is 0 Å². The van der Waals surface area contributed by atoms with Gasteiger partial charge < -0.3 is 5.32 Å². The van der Waals surface area contributed by atoms with Gasteiger partial charge in [-0.3, -0.25) is 0 Å². The summed E-state index contributed by atoms with van der Waals surface area (Å²) in [6, 6.07) is 7.35. The molecule has 1 saturated heterocycles. The van der Waals surface area contributed by atoms with Gasteiger partial charge in [0, 0.05) is 6.04 Å². The second-order valence-corrected chi connectivity index (χ2v) is 5.33. The normalized spacial score (nSPS) is 25.7. The molecule has 0 aliphatic carbocycles. The Bertz CT molecular complexity index is 328. The summed E-state index contributed by atoms with van der Waals surface area (Å²) in [5, 5.41) is 3.59. The number of piperidine rings is 1. The highest BCUT2D eigenvalue weighted by molar-refractivity contribution is 5.33. The summed E-state index contributed by atoms with van der Waals surface area (Å²) >= 11 is 0. The summed E-state index contributed by atoms with van der Waals surface area (Å²) in [5.41, 5.74) is 4.49. The summed E-state index contributed by atoms with van der Waals surface area (Å²) in [4.78, 5) is 0. The Morgan fingerprint density at radius 3 is 2.44 bits per heavy atom. The molecule has 1 aliphatic heterocycles. The summed E-state index contributed by atoms with van der Waals surface area (Å²) < 4.78 is 0. The van der Waals surface area contributed by atoms with Crippen LogP contribution >= 0.6 is 0 Å². The molecule has 1 aromatic rings. The third-order valence-corrected chi connectivity index (χ3v) is 3.90. The van der Waals surface area contributed by atoms with E-state index in [1.165, 1.54) is 36.9 Å². The average molecular weight is 217 g/mol. The molecule has 1 nitrogen and oxygen atoms in total. The van der Waals surface area contributed by atoms with Crippen molar-refractivity contribution < 1.29 is 0 Å². The van der Waals surface area contributed by atoms with E-state index in [1.807, 2.05) is 0 Å². The lowest BCUT2D eigenvalue weighted by molar-refractivity contribution is 0.321. The van der Waals surface area contributed by atoms with Crippen LogP contribution in [0.4, 0.5) is 0 Å². The van der Waals surface area contributed by atoms with Crippen LogP contribution in [-0.2, 0) is 6.42 Å². The third-order valence-electron chi connectivity index (χ3n) is 3.90. The number of hydrogen-bond donors (Lipinski definition) is 1.